The number of aryl methyl sites for hydroxylation is 2. The van der Waals surface area contributed by atoms with E-state index in [9.17, 15) is 4.39 Å². The van der Waals surface area contributed by atoms with E-state index in [2.05, 4.69) is 10.4 Å². The lowest BCUT2D eigenvalue weighted by Crippen LogP contribution is -2.29. The summed E-state index contributed by atoms with van der Waals surface area (Å²) in [7, 11) is 0. The zero-order valence-corrected chi connectivity index (χ0v) is 12.2. The van der Waals surface area contributed by atoms with Crippen LogP contribution in [0.2, 0.25) is 5.02 Å². The van der Waals surface area contributed by atoms with Gasteiger partial charge in [-0.1, -0.05) is 17.7 Å². The van der Waals surface area contributed by atoms with Crippen LogP contribution in [-0.4, -0.2) is 4.98 Å². The van der Waals surface area contributed by atoms with Crippen molar-refractivity contribution in [1.29, 1.82) is 0 Å². The number of halogens is 2. The van der Waals surface area contributed by atoms with Crippen molar-refractivity contribution in [2.24, 2.45) is 5.84 Å². The maximum absolute atomic E-state index is 13.2. The van der Waals surface area contributed by atoms with E-state index in [1.165, 1.54) is 6.07 Å². The molecule has 0 aliphatic heterocycles. The van der Waals surface area contributed by atoms with Crippen molar-refractivity contribution in [3.63, 3.8) is 0 Å². The van der Waals surface area contributed by atoms with Gasteiger partial charge in [-0.3, -0.25) is 16.3 Å². The molecule has 2 aromatic rings. The van der Waals surface area contributed by atoms with Crippen molar-refractivity contribution in [1.82, 2.24) is 10.4 Å². The van der Waals surface area contributed by atoms with Crippen LogP contribution in [0.25, 0.3) is 0 Å². The van der Waals surface area contributed by atoms with E-state index < -0.39 is 5.82 Å². The molecule has 0 saturated heterocycles. The van der Waals surface area contributed by atoms with Gasteiger partial charge in [-0.2, -0.15) is 0 Å². The highest BCUT2D eigenvalue weighted by molar-refractivity contribution is 6.30. The lowest BCUT2D eigenvalue weighted by atomic mass is 9.99. The van der Waals surface area contributed by atoms with Gasteiger partial charge in [0.1, 0.15) is 5.82 Å². The monoisotopic (exact) mass is 293 g/mol. The van der Waals surface area contributed by atoms with Crippen LogP contribution in [0.3, 0.4) is 0 Å². The number of aromatic nitrogens is 1. The Balaban J connectivity index is 2.26. The lowest BCUT2D eigenvalue weighted by molar-refractivity contribution is 0.549. The third-order valence-corrected chi connectivity index (χ3v) is 3.42. The van der Waals surface area contributed by atoms with Crippen molar-refractivity contribution in [2.45, 2.75) is 26.3 Å². The highest BCUT2D eigenvalue weighted by Gasteiger charge is 2.13. The molecule has 20 heavy (non-hydrogen) atoms. The predicted molar refractivity (Wildman–Crippen MR) is 78.9 cm³/mol. The first-order chi connectivity index (χ1) is 9.49. The second-order valence-electron chi connectivity index (χ2n) is 4.86. The Labute approximate surface area is 122 Å². The molecule has 3 nitrogen and oxygen atoms in total. The first-order valence-electron chi connectivity index (χ1n) is 6.35. The molecule has 0 saturated carbocycles. The van der Waals surface area contributed by atoms with Gasteiger partial charge in [-0.15, -0.1) is 0 Å². The van der Waals surface area contributed by atoms with E-state index in [0.29, 0.717) is 6.42 Å². The molecule has 0 spiro atoms. The molecule has 5 heteroatoms. The summed E-state index contributed by atoms with van der Waals surface area (Å²) >= 11 is 5.80. The molecule has 3 N–H and O–H groups in total. The molecular formula is C15H17ClFN3. The van der Waals surface area contributed by atoms with Crippen LogP contribution in [0.4, 0.5) is 4.39 Å². The summed E-state index contributed by atoms with van der Waals surface area (Å²) in [4.78, 5) is 4.34. The number of benzene rings is 1. The summed E-state index contributed by atoms with van der Waals surface area (Å²) in [6.07, 6.45) is 0.624. The molecule has 0 radical (unpaired) electrons. The molecule has 0 aliphatic carbocycles. The smallest absolute Gasteiger partial charge is 0.141 e. The fourth-order valence-corrected chi connectivity index (χ4v) is 2.45. The zero-order chi connectivity index (χ0) is 14.7. The van der Waals surface area contributed by atoms with Crippen molar-refractivity contribution in [2.75, 3.05) is 0 Å². The van der Waals surface area contributed by atoms with Crippen molar-refractivity contribution in [3.05, 3.63) is 63.7 Å². The summed E-state index contributed by atoms with van der Waals surface area (Å²) in [5.41, 5.74) is 6.65. The van der Waals surface area contributed by atoms with Gasteiger partial charge in [0.2, 0.25) is 0 Å². The minimum absolute atomic E-state index is 0.0723. The molecule has 1 aromatic heterocycles. The van der Waals surface area contributed by atoms with Gasteiger partial charge in [0.05, 0.1) is 11.1 Å². The topological polar surface area (TPSA) is 50.9 Å². The highest BCUT2D eigenvalue weighted by atomic mass is 35.5. The first-order valence-corrected chi connectivity index (χ1v) is 6.72. The minimum atomic E-state index is -0.414. The fourth-order valence-electron chi connectivity index (χ4n) is 2.24. The van der Waals surface area contributed by atoms with E-state index in [-0.39, 0.29) is 11.1 Å². The van der Waals surface area contributed by atoms with Crippen molar-refractivity contribution in [3.8, 4) is 0 Å². The predicted octanol–water partition coefficient (Wildman–Crippen LogP) is 3.24. The van der Waals surface area contributed by atoms with E-state index in [4.69, 9.17) is 17.4 Å². The third kappa shape index (κ3) is 3.54. The second-order valence-corrected chi connectivity index (χ2v) is 5.26. The Bertz CT molecular complexity index is 596. The summed E-state index contributed by atoms with van der Waals surface area (Å²) in [6.45, 7) is 3.89. The van der Waals surface area contributed by atoms with Crippen LogP contribution in [0.5, 0.6) is 0 Å². The number of nitrogens with zero attached hydrogens (tertiary/aromatic N) is 1. The average Bonchev–Trinajstić information content (AvgIpc) is 2.38. The molecule has 2 rings (SSSR count). The number of hydrazine groups is 1. The quantitative estimate of drug-likeness (QED) is 0.672. The van der Waals surface area contributed by atoms with Crippen molar-refractivity contribution < 1.29 is 4.39 Å². The molecule has 1 atom stereocenters. The van der Waals surface area contributed by atoms with Gasteiger partial charge in [-0.25, -0.2) is 4.39 Å². The van der Waals surface area contributed by atoms with Gasteiger partial charge >= 0.3 is 0 Å². The summed E-state index contributed by atoms with van der Waals surface area (Å²) in [5.74, 6) is 5.23. The van der Waals surface area contributed by atoms with Gasteiger partial charge in [0, 0.05) is 11.4 Å². The number of hydrogen-bond acceptors (Lipinski definition) is 3. The molecule has 0 bridgehead atoms. The van der Waals surface area contributed by atoms with Crippen LogP contribution in [0.1, 0.15) is 28.6 Å². The standard InChI is InChI=1S/C15H17ClFN3/c1-9-5-12(6-10(2)19-9)15(20-18)8-11-3-4-14(17)13(16)7-11/h3-7,15,20H,8,18H2,1-2H3. The Morgan fingerprint density at radius 2 is 1.90 bits per heavy atom. The first kappa shape index (κ1) is 14.9. The largest absolute Gasteiger partial charge is 0.271 e. The fraction of sp³-hybridized carbons (Fsp3) is 0.267. The third-order valence-electron chi connectivity index (χ3n) is 3.13. The Morgan fingerprint density at radius 1 is 1.25 bits per heavy atom. The molecule has 1 aromatic carbocycles. The molecule has 0 fully saturated rings. The van der Waals surface area contributed by atoms with Gasteiger partial charge in [0.15, 0.2) is 0 Å². The zero-order valence-electron chi connectivity index (χ0n) is 11.5. The number of rotatable bonds is 4. The average molecular weight is 294 g/mol. The molecule has 0 aliphatic rings. The highest BCUT2D eigenvalue weighted by Crippen LogP contribution is 2.22. The second kappa shape index (κ2) is 6.31. The van der Waals surface area contributed by atoms with Crippen molar-refractivity contribution >= 4 is 11.6 Å². The normalized spacial score (nSPS) is 12.4. The Kier molecular flexibility index (Phi) is 4.70. The van der Waals surface area contributed by atoms with Gasteiger partial charge < -0.3 is 0 Å². The summed E-state index contributed by atoms with van der Waals surface area (Å²) < 4.78 is 13.2. The molecule has 0 amide bonds. The molecule has 1 heterocycles. The van der Waals surface area contributed by atoms with E-state index in [0.717, 1.165) is 22.5 Å². The van der Waals surface area contributed by atoms with Crippen LogP contribution in [0.15, 0.2) is 30.3 Å². The van der Waals surface area contributed by atoms with Crippen LogP contribution >= 0.6 is 11.6 Å². The SMILES string of the molecule is Cc1cc(C(Cc2ccc(F)c(Cl)c2)NN)cc(C)n1. The number of hydrogen-bond donors (Lipinski definition) is 2. The van der Waals surface area contributed by atoms with Crippen LogP contribution in [0, 0.1) is 19.7 Å². The van der Waals surface area contributed by atoms with Gasteiger partial charge in [0.25, 0.3) is 0 Å². The summed E-state index contributed by atoms with van der Waals surface area (Å²) in [5, 5.41) is 0.125. The molecular weight excluding hydrogens is 277 g/mol. The maximum atomic E-state index is 13.2. The maximum Gasteiger partial charge on any atom is 0.141 e. The summed E-state index contributed by atoms with van der Waals surface area (Å²) in [6, 6.07) is 8.62. The van der Waals surface area contributed by atoms with Crippen LogP contribution < -0.4 is 11.3 Å². The minimum Gasteiger partial charge on any atom is -0.271 e. The number of nitrogens with two attached hydrogens (primary N) is 1. The van der Waals surface area contributed by atoms with E-state index >= 15 is 0 Å². The molecule has 1 unspecified atom stereocenters. The van der Waals surface area contributed by atoms with E-state index in [1.54, 1.807) is 12.1 Å². The number of pyridine rings is 1. The Hall–Kier alpha value is -1.49. The Morgan fingerprint density at radius 3 is 2.45 bits per heavy atom. The lowest BCUT2D eigenvalue weighted by Gasteiger charge is -2.17. The van der Waals surface area contributed by atoms with Gasteiger partial charge in [-0.05, 0) is 55.7 Å². The van der Waals surface area contributed by atoms with Crippen LogP contribution in [-0.2, 0) is 6.42 Å². The number of nitrogens with one attached hydrogen (secondary N) is 1. The van der Waals surface area contributed by atoms with E-state index in [1.807, 2.05) is 26.0 Å². The molecule has 106 valence electrons.